The predicted octanol–water partition coefficient (Wildman–Crippen LogP) is 1.87. The molecule has 0 atom stereocenters. The van der Waals surface area contributed by atoms with E-state index < -0.39 is 33.4 Å². The molecule has 1 heterocycles. The first-order valence-electron chi connectivity index (χ1n) is 10.9. The van der Waals surface area contributed by atoms with Crippen LogP contribution in [0.1, 0.15) is 55.8 Å². The van der Waals surface area contributed by atoms with E-state index in [1.807, 2.05) is 0 Å². The largest absolute Gasteiger partial charge is 0.465 e. The van der Waals surface area contributed by atoms with Crippen molar-refractivity contribution in [2.75, 3.05) is 26.8 Å². The van der Waals surface area contributed by atoms with Crippen LogP contribution in [0.4, 0.5) is 0 Å². The number of esters is 2. The zero-order valence-electron chi connectivity index (χ0n) is 18.5. The number of rotatable bonds is 7. The van der Waals surface area contributed by atoms with Crippen molar-refractivity contribution in [2.24, 2.45) is 5.92 Å². The van der Waals surface area contributed by atoms with E-state index in [1.165, 1.54) is 23.5 Å². The fraction of sp³-hybridized carbons (Fsp3) is 0.591. The predicted molar refractivity (Wildman–Crippen MR) is 115 cm³/mol. The van der Waals surface area contributed by atoms with Gasteiger partial charge in [0.25, 0.3) is 0 Å². The van der Waals surface area contributed by atoms with Crippen LogP contribution in [0.15, 0.2) is 29.2 Å². The van der Waals surface area contributed by atoms with E-state index in [2.05, 4.69) is 5.32 Å². The number of hydrogen-bond donors (Lipinski definition) is 1. The highest BCUT2D eigenvalue weighted by Gasteiger charge is 2.45. The summed E-state index contributed by atoms with van der Waals surface area (Å²) in [4.78, 5) is 37.3. The second kappa shape index (κ2) is 9.99. The smallest absolute Gasteiger partial charge is 0.339 e. The summed E-state index contributed by atoms with van der Waals surface area (Å²) in [6, 6.07) is 5.92. The first-order chi connectivity index (χ1) is 15.2. The lowest BCUT2D eigenvalue weighted by Gasteiger charge is -2.34. The SMILES string of the molecule is CCOC(=O)C1(NC(=O)C2CCN(S(=O)(=O)c3ccccc3C(=O)OC)CC2)CCCC1. The van der Waals surface area contributed by atoms with Crippen molar-refractivity contribution < 1.29 is 32.3 Å². The molecule has 10 heteroatoms. The van der Waals surface area contributed by atoms with E-state index in [0.29, 0.717) is 25.7 Å². The molecule has 1 N–H and O–H groups in total. The summed E-state index contributed by atoms with van der Waals surface area (Å²) in [5.74, 6) is -1.76. The third kappa shape index (κ3) is 4.80. The Balaban J connectivity index is 1.68. The van der Waals surface area contributed by atoms with Crippen molar-refractivity contribution >= 4 is 27.9 Å². The minimum atomic E-state index is -3.93. The Morgan fingerprint density at radius 3 is 2.34 bits per heavy atom. The van der Waals surface area contributed by atoms with Gasteiger partial charge in [0, 0.05) is 19.0 Å². The quantitative estimate of drug-likeness (QED) is 0.609. The van der Waals surface area contributed by atoms with Gasteiger partial charge in [0.15, 0.2) is 0 Å². The number of hydrogen-bond acceptors (Lipinski definition) is 7. The number of nitrogens with zero attached hydrogens (tertiary/aromatic N) is 1. The van der Waals surface area contributed by atoms with Gasteiger partial charge in [-0.15, -0.1) is 0 Å². The lowest BCUT2D eigenvalue weighted by molar-refractivity contribution is -0.153. The molecule has 2 fully saturated rings. The number of methoxy groups -OCH3 is 1. The molecule has 1 saturated heterocycles. The lowest BCUT2D eigenvalue weighted by atomic mass is 9.92. The molecule has 0 bridgehead atoms. The van der Waals surface area contributed by atoms with Gasteiger partial charge in [-0.1, -0.05) is 25.0 Å². The molecular weight excluding hydrogens is 436 g/mol. The molecule has 2 aliphatic rings. The highest BCUT2D eigenvalue weighted by molar-refractivity contribution is 7.89. The summed E-state index contributed by atoms with van der Waals surface area (Å²) in [5.41, 5.74) is -0.997. The fourth-order valence-electron chi connectivity index (χ4n) is 4.43. The number of piperidine rings is 1. The van der Waals surface area contributed by atoms with Crippen molar-refractivity contribution in [1.29, 1.82) is 0 Å². The second-order valence-electron chi connectivity index (χ2n) is 8.17. The summed E-state index contributed by atoms with van der Waals surface area (Å²) in [5, 5.41) is 2.92. The normalized spacial score (nSPS) is 19.3. The van der Waals surface area contributed by atoms with Crippen LogP contribution in [0.2, 0.25) is 0 Å². The Hall–Kier alpha value is -2.46. The maximum absolute atomic E-state index is 13.2. The van der Waals surface area contributed by atoms with E-state index in [1.54, 1.807) is 19.1 Å². The minimum Gasteiger partial charge on any atom is -0.465 e. The molecule has 1 aromatic rings. The first-order valence-corrected chi connectivity index (χ1v) is 12.4. The lowest BCUT2D eigenvalue weighted by Crippen LogP contribution is -2.56. The van der Waals surface area contributed by atoms with Gasteiger partial charge in [-0.2, -0.15) is 4.31 Å². The Morgan fingerprint density at radius 1 is 1.12 bits per heavy atom. The summed E-state index contributed by atoms with van der Waals surface area (Å²) in [7, 11) is -2.73. The minimum absolute atomic E-state index is 0.0209. The number of amides is 1. The zero-order valence-corrected chi connectivity index (χ0v) is 19.3. The molecule has 9 nitrogen and oxygen atoms in total. The first kappa shape index (κ1) is 24.2. The van der Waals surface area contributed by atoms with E-state index in [0.717, 1.165) is 12.8 Å². The number of sulfonamides is 1. The maximum Gasteiger partial charge on any atom is 0.339 e. The monoisotopic (exact) mass is 466 g/mol. The molecule has 0 aromatic heterocycles. The number of ether oxygens (including phenoxy) is 2. The van der Waals surface area contributed by atoms with E-state index >= 15 is 0 Å². The molecule has 0 spiro atoms. The second-order valence-corrected chi connectivity index (χ2v) is 10.1. The van der Waals surface area contributed by atoms with Gasteiger partial charge in [-0.25, -0.2) is 18.0 Å². The average molecular weight is 467 g/mol. The third-order valence-corrected chi connectivity index (χ3v) is 8.18. The number of carbonyl (C=O) groups excluding carboxylic acids is 3. The van der Waals surface area contributed by atoms with Gasteiger partial charge in [0.05, 0.1) is 24.2 Å². The third-order valence-electron chi connectivity index (χ3n) is 6.22. The number of benzene rings is 1. The Labute approximate surface area is 188 Å². The van der Waals surface area contributed by atoms with Crippen molar-refractivity contribution in [3.8, 4) is 0 Å². The summed E-state index contributed by atoms with van der Waals surface area (Å²) < 4.78 is 37.5. The van der Waals surface area contributed by atoms with Crippen LogP contribution in [0.5, 0.6) is 0 Å². The van der Waals surface area contributed by atoms with Gasteiger partial charge in [-0.3, -0.25) is 4.79 Å². The van der Waals surface area contributed by atoms with Gasteiger partial charge in [0.2, 0.25) is 15.9 Å². The van der Waals surface area contributed by atoms with Crippen molar-refractivity contribution in [2.45, 2.75) is 55.9 Å². The maximum atomic E-state index is 13.2. The summed E-state index contributed by atoms with van der Waals surface area (Å²) in [6.07, 6.45) is 3.43. The molecule has 1 aromatic carbocycles. The standard InChI is InChI=1S/C22H30N2O7S/c1-3-31-21(27)22(12-6-7-13-22)23-19(25)16-10-14-24(15-11-16)32(28,29)18-9-5-4-8-17(18)20(26)30-2/h4-5,8-9,16H,3,6-7,10-15H2,1-2H3,(H,23,25). The molecule has 3 rings (SSSR count). The van der Waals surface area contributed by atoms with Crippen LogP contribution in [-0.4, -0.2) is 62.9 Å². The molecule has 1 saturated carbocycles. The van der Waals surface area contributed by atoms with Gasteiger partial charge in [-0.05, 0) is 44.7 Å². The van der Waals surface area contributed by atoms with E-state index in [-0.39, 0.29) is 36.1 Å². The zero-order chi connectivity index (χ0) is 23.4. The van der Waals surface area contributed by atoms with Crippen molar-refractivity contribution in [3.63, 3.8) is 0 Å². The average Bonchev–Trinajstić information content (AvgIpc) is 3.28. The van der Waals surface area contributed by atoms with Crippen LogP contribution in [0.25, 0.3) is 0 Å². The summed E-state index contributed by atoms with van der Waals surface area (Å²) >= 11 is 0. The van der Waals surface area contributed by atoms with Crippen LogP contribution < -0.4 is 5.32 Å². The van der Waals surface area contributed by atoms with Crippen LogP contribution in [0, 0.1) is 5.92 Å². The van der Waals surface area contributed by atoms with Crippen LogP contribution in [0.3, 0.4) is 0 Å². The molecule has 0 radical (unpaired) electrons. The number of carbonyl (C=O) groups is 3. The van der Waals surface area contributed by atoms with Crippen molar-refractivity contribution in [3.05, 3.63) is 29.8 Å². The molecule has 1 aliphatic carbocycles. The van der Waals surface area contributed by atoms with Crippen LogP contribution in [-0.2, 0) is 29.1 Å². The fourth-order valence-corrected chi connectivity index (χ4v) is 6.08. The summed E-state index contributed by atoms with van der Waals surface area (Å²) in [6.45, 7) is 2.27. The number of nitrogens with one attached hydrogen (secondary N) is 1. The molecule has 1 aliphatic heterocycles. The highest BCUT2D eigenvalue weighted by Crippen LogP contribution is 2.32. The van der Waals surface area contributed by atoms with Crippen LogP contribution >= 0.6 is 0 Å². The Morgan fingerprint density at radius 2 is 1.75 bits per heavy atom. The Kier molecular flexibility index (Phi) is 7.55. The molecule has 0 unspecified atom stereocenters. The Bertz CT molecular complexity index is 962. The molecule has 32 heavy (non-hydrogen) atoms. The van der Waals surface area contributed by atoms with Gasteiger partial charge < -0.3 is 14.8 Å². The molecular formula is C22H30N2O7S. The topological polar surface area (TPSA) is 119 Å². The van der Waals surface area contributed by atoms with E-state index in [4.69, 9.17) is 9.47 Å². The van der Waals surface area contributed by atoms with Gasteiger partial charge >= 0.3 is 11.9 Å². The highest BCUT2D eigenvalue weighted by atomic mass is 32.2. The van der Waals surface area contributed by atoms with Crippen molar-refractivity contribution in [1.82, 2.24) is 9.62 Å². The van der Waals surface area contributed by atoms with E-state index in [9.17, 15) is 22.8 Å². The molecule has 1 amide bonds. The van der Waals surface area contributed by atoms with Gasteiger partial charge in [0.1, 0.15) is 5.54 Å². The molecule has 176 valence electrons.